The number of aromatic nitrogens is 1. The Kier molecular flexibility index (Phi) is 4.12. The van der Waals surface area contributed by atoms with E-state index in [1.165, 1.54) is 0 Å². The van der Waals surface area contributed by atoms with Gasteiger partial charge in [0.05, 0.1) is 6.04 Å². The summed E-state index contributed by atoms with van der Waals surface area (Å²) in [5.74, 6) is 0.660. The van der Waals surface area contributed by atoms with E-state index in [0.29, 0.717) is 5.82 Å². The number of piperidine rings is 1. The minimum atomic E-state index is -0.0754. The van der Waals surface area contributed by atoms with E-state index in [1.807, 2.05) is 13.0 Å². The molecular formula is C12H16BrN3O. The highest BCUT2D eigenvalue weighted by Gasteiger charge is 2.21. The molecule has 1 amide bonds. The SMILES string of the molecule is Cc1cc(Br)cnc1NC(=O)[C@@H]1CCCCN1. The number of pyridine rings is 1. The van der Waals surface area contributed by atoms with Crippen LogP contribution in [0.5, 0.6) is 0 Å². The van der Waals surface area contributed by atoms with Crippen LogP contribution in [0.15, 0.2) is 16.7 Å². The summed E-state index contributed by atoms with van der Waals surface area (Å²) in [6.07, 6.45) is 4.86. The molecule has 1 aromatic heterocycles. The Morgan fingerprint density at radius 3 is 3.06 bits per heavy atom. The first-order chi connectivity index (χ1) is 8.16. The Morgan fingerprint density at radius 1 is 1.59 bits per heavy atom. The molecule has 1 saturated heterocycles. The van der Waals surface area contributed by atoms with Crippen LogP contribution in [-0.4, -0.2) is 23.5 Å². The fraction of sp³-hybridized carbons (Fsp3) is 0.500. The highest BCUT2D eigenvalue weighted by Crippen LogP contribution is 2.17. The molecule has 1 aromatic rings. The molecule has 2 N–H and O–H groups in total. The van der Waals surface area contributed by atoms with Crippen LogP contribution in [0.1, 0.15) is 24.8 Å². The first-order valence-corrected chi connectivity index (χ1v) is 6.62. The van der Waals surface area contributed by atoms with E-state index in [9.17, 15) is 4.79 Å². The van der Waals surface area contributed by atoms with E-state index in [-0.39, 0.29) is 11.9 Å². The largest absolute Gasteiger partial charge is 0.309 e. The summed E-state index contributed by atoms with van der Waals surface area (Å²) in [6, 6.07) is 1.87. The number of hydrogen-bond acceptors (Lipinski definition) is 3. The van der Waals surface area contributed by atoms with Gasteiger partial charge in [-0.2, -0.15) is 0 Å². The maximum Gasteiger partial charge on any atom is 0.242 e. The Labute approximate surface area is 109 Å². The molecule has 5 heteroatoms. The quantitative estimate of drug-likeness (QED) is 0.880. The van der Waals surface area contributed by atoms with Crippen molar-refractivity contribution in [1.29, 1.82) is 0 Å². The van der Waals surface area contributed by atoms with Gasteiger partial charge in [0.15, 0.2) is 0 Å². The normalized spacial score (nSPS) is 20.0. The minimum absolute atomic E-state index is 0.0163. The first-order valence-electron chi connectivity index (χ1n) is 5.83. The molecule has 0 aliphatic carbocycles. The summed E-state index contributed by atoms with van der Waals surface area (Å²) in [5, 5.41) is 6.09. The third-order valence-corrected chi connectivity index (χ3v) is 3.35. The second-order valence-electron chi connectivity index (χ2n) is 4.31. The van der Waals surface area contributed by atoms with E-state index >= 15 is 0 Å². The predicted molar refractivity (Wildman–Crippen MR) is 70.9 cm³/mol. The second kappa shape index (κ2) is 5.60. The average Bonchev–Trinajstić information content (AvgIpc) is 2.34. The molecule has 1 aliphatic heterocycles. The summed E-state index contributed by atoms with van der Waals surface area (Å²) < 4.78 is 0.920. The smallest absolute Gasteiger partial charge is 0.242 e. The van der Waals surface area contributed by atoms with Gasteiger partial charge >= 0.3 is 0 Å². The van der Waals surface area contributed by atoms with Crippen LogP contribution < -0.4 is 10.6 Å². The maximum atomic E-state index is 12.0. The van der Waals surface area contributed by atoms with E-state index in [2.05, 4.69) is 31.5 Å². The van der Waals surface area contributed by atoms with Gasteiger partial charge in [0, 0.05) is 10.7 Å². The van der Waals surface area contributed by atoms with Crippen molar-refractivity contribution in [2.24, 2.45) is 0 Å². The van der Waals surface area contributed by atoms with E-state index in [0.717, 1.165) is 35.8 Å². The third-order valence-electron chi connectivity index (χ3n) is 2.91. The number of anilines is 1. The average molecular weight is 298 g/mol. The zero-order valence-electron chi connectivity index (χ0n) is 9.79. The lowest BCUT2D eigenvalue weighted by Gasteiger charge is -2.22. The molecule has 1 atom stereocenters. The number of hydrogen-bond donors (Lipinski definition) is 2. The van der Waals surface area contributed by atoms with Crippen molar-refractivity contribution in [2.75, 3.05) is 11.9 Å². The highest BCUT2D eigenvalue weighted by atomic mass is 79.9. The molecule has 0 spiro atoms. The topological polar surface area (TPSA) is 54.0 Å². The molecule has 1 aliphatic rings. The number of carbonyl (C=O) groups excluding carboxylic acids is 1. The van der Waals surface area contributed by atoms with Gasteiger partial charge in [0.2, 0.25) is 5.91 Å². The summed E-state index contributed by atoms with van der Waals surface area (Å²) in [4.78, 5) is 16.2. The maximum absolute atomic E-state index is 12.0. The van der Waals surface area contributed by atoms with Gasteiger partial charge in [-0.25, -0.2) is 4.98 Å². The lowest BCUT2D eigenvalue weighted by Crippen LogP contribution is -2.43. The molecule has 1 fully saturated rings. The zero-order valence-corrected chi connectivity index (χ0v) is 11.4. The van der Waals surface area contributed by atoms with Gasteiger partial charge in [-0.3, -0.25) is 4.79 Å². The van der Waals surface area contributed by atoms with E-state index in [4.69, 9.17) is 0 Å². The van der Waals surface area contributed by atoms with E-state index < -0.39 is 0 Å². The molecule has 0 radical (unpaired) electrons. The molecule has 92 valence electrons. The van der Waals surface area contributed by atoms with Crippen LogP contribution in [0, 0.1) is 6.92 Å². The monoisotopic (exact) mass is 297 g/mol. The van der Waals surface area contributed by atoms with Crippen molar-refractivity contribution >= 4 is 27.7 Å². The Morgan fingerprint density at radius 2 is 2.41 bits per heavy atom. The lowest BCUT2D eigenvalue weighted by atomic mass is 10.0. The summed E-state index contributed by atoms with van der Waals surface area (Å²) in [5.41, 5.74) is 0.962. The van der Waals surface area contributed by atoms with Gasteiger partial charge in [-0.15, -0.1) is 0 Å². The van der Waals surface area contributed by atoms with Crippen molar-refractivity contribution in [3.05, 3.63) is 22.3 Å². The summed E-state index contributed by atoms with van der Waals surface area (Å²) in [7, 11) is 0. The van der Waals surface area contributed by atoms with Crippen LogP contribution in [0.25, 0.3) is 0 Å². The molecule has 0 saturated carbocycles. The van der Waals surface area contributed by atoms with Crippen LogP contribution in [0.3, 0.4) is 0 Å². The van der Waals surface area contributed by atoms with Gasteiger partial charge in [0.25, 0.3) is 0 Å². The second-order valence-corrected chi connectivity index (χ2v) is 5.23. The van der Waals surface area contributed by atoms with Crippen molar-refractivity contribution in [1.82, 2.24) is 10.3 Å². The molecule has 4 nitrogen and oxygen atoms in total. The number of halogens is 1. The summed E-state index contributed by atoms with van der Waals surface area (Å²) >= 11 is 3.35. The van der Waals surface area contributed by atoms with Crippen LogP contribution in [0.4, 0.5) is 5.82 Å². The van der Waals surface area contributed by atoms with Crippen LogP contribution >= 0.6 is 15.9 Å². The van der Waals surface area contributed by atoms with Gasteiger partial charge in [-0.1, -0.05) is 6.42 Å². The number of rotatable bonds is 2. The Bertz CT molecular complexity index is 416. The minimum Gasteiger partial charge on any atom is -0.309 e. The van der Waals surface area contributed by atoms with Crippen molar-refractivity contribution in [3.63, 3.8) is 0 Å². The van der Waals surface area contributed by atoms with Crippen LogP contribution in [0.2, 0.25) is 0 Å². The molecular weight excluding hydrogens is 282 g/mol. The number of nitrogens with one attached hydrogen (secondary N) is 2. The van der Waals surface area contributed by atoms with Crippen molar-refractivity contribution in [3.8, 4) is 0 Å². The molecule has 0 bridgehead atoms. The highest BCUT2D eigenvalue weighted by molar-refractivity contribution is 9.10. The molecule has 0 unspecified atom stereocenters. The molecule has 0 aromatic carbocycles. The van der Waals surface area contributed by atoms with Gasteiger partial charge in [0.1, 0.15) is 5.82 Å². The molecule has 17 heavy (non-hydrogen) atoms. The van der Waals surface area contributed by atoms with Gasteiger partial charge < -0.3 is 10.6 Å². The zero-order chi connectivity index (χ0) is 12.3. The molecule has 2 heterocycles. The lowest BCUT2D eigenvalue weighted by molar-refractivity contribution is -0.118. The Hall–Kier alpha value is -0.940. The first kappa shape index (κ1) is 12.5. The summed E-state index contributed by atoms with van der Waals surface area (Å²) in [6.45, 7) is 2.85. The van der Waals surface area contributed by atoms with Crippen molar-refractivity contribution in [2.45, 2.75) is 32.2 Å². The number of carbonyl (C=O) groups is 1. The van der Waals surface area contributed by atoms with Crippen molar-refractivity contribution < 1.29 is 4.79 Å². The molecule has 2 rings (SSSR count). The standard InChI is InChI=1S/C12H16BrN3O/c1-8-6-9(13)7-15-11(8)16-12(17)10-4-2-3-5-14-10/h6-7,10,14H,2-5H2,1H3,(H,15,16,17)/t10-/m0/s1. The predicted octanol–water partition coefficient (Wildman–Crippen LogP) is 2.23. The number of aryl methyl sites for hydroxylation is 1. The van der Waals surface area contributed by atoms with Gasteiger partial charge in [-0.05, 0) is 53.9 Å². The number of nitrogens with zero attached hydrogens (tertiary/aromatic N) is 1. The van der Waals surface area contributed by atoms with E-state index in [1.54, 1.807) is 6.20 Å². The van der Waals surface area contributed by atoms with Crippen LogP contribution in [-0.2, 0) is 4.79 Å². The number of amides is 1. The fourth-order valence-corrected chi connectivity index (χ4v) is 2.40. The third kappa shape index (κ3) is 3.26. The Balaban J connectivity index is 2.02. The fourth-order valence-electron chi connectivity index (χ4n) is 1.95.